The highest BCUT2D eigenvalue weighted by atomic mass is 15.2. The zero-order valence-corrected chi connectivity index (χ0v) is 6.35. The molecule has 0 saturated heterocycles. The zero-order valence-electron chi connectivity index (χ0n) is 6.35. The van der Waals surface area contributed by atoms with Gasteiger partial charge in [0.2, 0.25) is 0 Å². The van der Waals surface area contributed by atoms with Crippen LogP contribution in [0, 0.1) is 0 Å². The predicted octanol–water partition coefficient (Wildman–Crippen LogP) is -0.208. The second-order valence-corrected chi connectivity index (χ2v) is 2.46. The minimum absolute atomic E-state index is 0.924. The lowest BCUT2D eigenvalue weighted by molar-refractivity contribution is 0.392. The van der Waals surface area contributed by atoms with E-state index in [1.165, 1.54) is 6.42 Å². The van der Waals surface area contributed by atoms with E-state index in [1.54, 1.807) is 0 Å². The molecule has 0 aliphatic rings. The first kappa shape index (κ1) is 8.88. The Morgan fingerprint density at radius 3 is 2.44 bits per heavy atom. The number of rotatable bonds is 5. The summed E-state index contributed by atoms with van der Waals surface area (Å²) < 4.78 is 0. The molecule has 0 aromatic rings. The molecule has 0 aromatic heterocycles. The summed E-state index contributed by atoms with van der Waals surface area (Å²) >= 11 is 0. The quantitative estimate of drug-likeness (QED) is 0.308. The maximum atomic E-state index is 5.08. The van der Waals surface area contributed by atoms with Crippen LogP contribution in [0.4, 0.5) is 0 Å². The number of nitrogens with zero attached hydrogens (tertiary/aromatic N) is 1. The van der Waals surface area contributed by atoms with E-state index in [0.29, 0.717) is 0 Å². The molecule has 3 N–H and O–H groups in total. The van der Waals surface area contributed by atoms with Crippen molar-refractivity contribution in [2.24, 2.45) is 5.84 Å². The van der Waals surface area contributed by atoms with Crippen LogP contribution in [0.2, 0.25) is 0 Å². The van der Waals surface area contributed by atoms with Crippen molar-refractivity contribution in [3.8, 4) is 0 Å². The molecule has 0 spiro atoms. The largest absolute Gasteiger partial charge is 0.309 e. The summed E-state index contributed by atoms with van der Waals surface area (Å²) in [5.74, 6) is 5.08. The van der Waals surface area contributed by atoms with Crippen LogP contribution in [-0.4, -0.2) is 32.1 Å². The average molecular weight is 131 g/mol. The first-order valence-electron chi connectivity index (χ1n) is 3.35. The topological polar surface area (TPSA) is 41.3 Å². The molecular formula is C6H17N3. The molecular weight excluding hydrogens is 114 g/mol. The van der Waals surface area contributed by atoms with E-state index in [-0.39, 0.29) is 0 Å². The molecule has 0 atom stereocenters. The SMILES string of the molecule is CN(C)CCCCNN. The molecule has 0 saturated carbocycles. The van der Waals surface area contributed by atoms with Crippen molar-refractivity contribution in [2.45, 2.75) is 12.8 Å². The minimum Gasteiger partial charge on any atom is -0.309 e. The standard InChI is InChI=1S/C6H17N3/c1-9(2)6-4-3-5-8-7/h8H,3-7H2,1-2H3. The highest BCUT2D eigenvalue weighted by Gasteiger charge is 1.88. The van der Waals surface area contributed by atoms with Gasteiger partial charge in [0.25, 0.3) is 0 Å². The van der Waals surface area contributed by atoms with E-state index < -0.39 is 0 Å². The smallest absolute Gasteiger partial charge is 0.00978 e. The Balaban J connectivity index is 2.75. The van der Waals surface area contributed by atoms with Crippen LogP contribution in [0.1, 0.15) is 12.8 Å². The molecule has 0 fully saturated rings. The second kappa shape index (κ2) is 6.01. The van der Waals surface area contributed by atoms with Crippen LogP contribution in [0.15, 0.2) is 0 Å². The Morgan fingerprint density at radius 1 is 1.33 bits per heavy atom. The Hall–Kier alpha value is -0.120. The zero-order chi connectivity index (χ0) is 7.11. The van der Waals surface area contributed by atoms with Crippen molar-refractivity contribution in [2.75, 3.05) is 27.2 Å². The molecule has 56 valence electrons. The summed E-state index contributed by atoms with van der Waals surface area (Å²) in [6.07, 6.45) is 2.38. The van der Waals surface area contributed by atoms with E-state index in [4.69, 9.17) is 5.84 Å². The van der Waals surface area contributed by atoms with Crippen molar-refractivity contribution in [3.63, 3.8) is 0 Å². The highest BCUT2D eigenvalue weighted by molar-refractivity contribution is 4.45. The van der Waals surface area contributed by atoms with Crippen LogP contribution in [0.3, 0.4) is 0 Å². The molecule has 0 aliphatic heterocycles. The van der Waals surface area contributed by atoms with Gasteiger partial charge in [0.1, 0.15) is 0 Å². The van der Waals surface area contributed by atoms with E-state index >= 15 is 0 Å². The Bertz CT molecular complexity index is 54.3. The number of hydrogen-bond acceptors (Lipinski definition) is 3. The molecule has 0 radical (unpaired) electrons. The molecule has 0 heterocycles. The van der Waals surface area contributed by atoms with Gasteiger partial charge >= 0.3 is 0 Å². The van der Waals surface area contributed by atoms with Crippen molar-refractivity contribution in [1.82, 2.24) is 10.3 Å². The lowest BCUT2D eigenvalue weighted by Gasteiger charge is -2.07. The number of hydrazine groups is 1. The first-order chi connectivity index (χ1) is 4.27. The lowest BCUT2D eigenvalue weighted by Crippen LogP contribution is -2.24. The van der Waals surface area contributed by atoms with Crippen LogP contribution in [0.25, 0.3) is 0 Å². The molecule has 0 bridgehead atoms. The van der Waals surface area contributed by atoms with Gasteiger partial charge < -0.3 is 4.90 Å². The van der Waals surface area contributed by atoms with Gasteiger partial charge in [-0.1, -0.05) is 0 Å². The van der Waals surface area contributed by atoms with Crippen molar-refractivity contribution < 1.29 is 0 Å². The van der Waals surface area contributed by atoms with Crippen LogP contribution in [-0.2, 0) is 0 Å². The van der Waals surface area contributed by atoms with E-state index in [9.17, 15) is 0 Å². The van der Waals surface area contributed by atoms with Crippen molar-refractivity contribution in [3.05, 3.63) is 0 Å². The number of nitrogens with one attached hydrogen (secondary N) is 1. The molecule has 0 unspecified atom stereocenters. The van der Waals surface area contributed by atoms with Gasteiger partial charge in [0, 0.05) is 6.54 Å². The molecule has 3 nitrogen and oxygen atoms in total. The first-order valence-corrected chi connectivity index (χ1v) is 3.35. The van der Waals surface area contributed by atoms with Gasteiger partial charge in [0.05, 0.1) is 0 Å². The second-order valence-electron chi connectivity index (χ2n) is 2.46. The fourth-order valence-electron chi connectivity index (χ4n) is 0.655. The highest BCUT2D eigenvalue weighted by Crippen LogP contribution is 1.87. The fraction of sp³-hybridized carbons (Fsp3) is 1.00. The average Bonchev–Trinajstić information content (AvgIpc) is 1.80. The predicted molar refractivity (Wildman–Crippen MR) is 40.0 cm³/mol. The van der Waals surface area contributed by atoms with E-state index in [2.05, 4.69) is 24.4 Å². The van der Waals surface area contributed by atoms with Gasteiger partial charge in [-0.25, -0.2) is 0 Å². The summed E-state index contributed by atoms with van der Waals surface area (Å²) in [7, 11) is 4.16. The van der Waals surface area contributed by atoms with Crippen molar-refractivity contribution in [1.29, 1.82) is 0 Å². The van der Waals surface area contributed by atoms with Gasteiger partial charge in [-0.15, -0.1) is 0 Å². The maximum Gasteiger partial charge on any atom is 0.00978 e. The summed E-state index contributed by atoms with van der Waals surface area (Å²) in [5.41, 5.74) is 2.62. The van der Waals surface area contributed by atoms with Gasteiger partial charge in [-0.05, 0) is 33.5 Å². The number of unbranched alkanes of at least 4 members (excludes halogenated alkanes) is 1. The van der Waals surface area contributed by atoms with Crippen LogP contribution < -0.4 is 11.3 Å². The Labute approximate surface area is 57.2 Å². The van der Waals surface area contributed by atoms with E-state index in [1.807, 2.05) is 0 Å². The molecule has 0 aromatic carbocycles. The lowest BCUT2D eigenvalue weighted by atomic mass is 10.3. The summed E-state index contributed by atoms with van der Waals surface area (Å²) in [6, 6.07) is 0. The molecule has 0 aliphatic carbocycles. The Kier molecular flexibility index (Phi) is 5.93. The molecule has 0 amide bonds. The van der Waals surface area contributed by atoms with Crippen molar-refractivity contribution >= 4 is 0 Å². The van der Waals surface area contributed by atoms with Gasteiger partial charge in [-0.2, -0.15) is 0 Å². The number of hydrogen-bond donors (Lipinski definition) is 2. The van der Waals surface area contributed by atoms with E-state index in [0.717, 1.165) is 19.5 Å². The monoisotopic (exact) mass is 131 g/mol. The summed E-state index contributed by atoms with van der Waals surface area (Å²) in [4.78, 5) is 2.18. The summed E-state index contributed by atoms with van der Waals surface area (Å²) in [5, 5.41) is 0. The van der Waals surface area contributed by atoms with Gasteiger partial charge in [-0.3, -0.25) is 11.3 Å². The minimum atomic E-state index is 0.924. The molecule has 0 rings (SSSR count). The summed E-state index contributed by atoms with van der Waals surface area (Å²) in [6.45, 7) is 2.08. The Morgan fingerprint density at radius 2 is 2.00 bits per heavy atom. The molecule has 3 heteroatoms. The normalized spacial score (nSPS) is 10.7. The van der Waals surface area contributed by atoms with Gasteiger partial charge in [0.15, 0.2) is 0 Å². The third-order valence-corrected chi connectivity index (χ3v) is 1.18. The third-order valence-electron chi connectivity index (χ3n) is 1.18. The third kappa shape index (κ3) is 7.88. The number of nitrogens with two attached hydrogens (primary N) is 1. The molecule has 9 heavy (non-hydrogen) atoms. The van der Waals surface area contributed by atoms with Crippen LogP contribution >= 0.6 is 0 Å². The fourth-order valence-corrected chi connectivity index (χ4v) is 0.655. The maximum absolute atomic E-state index is 5.08. The van der Waals surface area contributed by atoms with Crippen LogP contribution in [0.5, 0.6) is 0 Å².